The number of carboxylic acid groups (broad SMARTS) is 1. The van der Waals surface area contributed by atoms with Crippen molar-refractivity contribution in [3.05, 3.63) is 52.4 Å². The monoisotopic (exact) mass is 423 g/mol. The summed E-state index contributed by atoms with van der Waals surface area (Å²) >= 11 is 0. The van der Waals surface area contributed by atoms with Gasteiger partial charge in [-0.2, -0.15) is 0 Å². The predicted octanol–water partition coefficient (Wildman–Crippen LogP) is 3.63. The number of hydrogen-bond donors (Lipinski definition) is 2. The number of imidazole rings is 1. The van der Waals surface area contributed by atoms with Gasteiger partial charge in [-0.05, 0) is 24.6 Å². The number of morpholine rings is 1. The van der Waals surface area contributed by atoms with Crippen molar-refractivity contribution in [2.75, 3.05) is 26.3 Å². The van der Waals surface area contributed by atoms with E-state index in [2.05, 4.69) is 9.97 Å². The van der Waals surface area contributed by atoms with E-state index in [4.69, 9.17) is 4.74 Å². The van der Waals surface area contributed by atoms with Gasteiger partial charge in [-0.3, -0.25) is 4.90 Å². The van der Waals surface area contributed by atoms with E-state index >= 15 is 0 Å². The van der Waals surface area contributed by atoms with Crippen LogP contribution < -0.4 is 0 Å². The van der Waals surface area contributed by atoms with Crippen LogP contribution in [0.5, 0.6) is 0 Å². The van der Waals surface area contributed by atoms with E-state index in [1.807, 2.05) is 0 Å². The highest BCUT2D eigenvalue weighted by molar-refractivity contribution is 6.03. The number of rotatable bonds is 4. The molecule has 4 rings (SSSR count). The number of carbonyl (C=O) groups is 1. The molecule has 1 aliphatic rings. The largest absolute Gasteiger partial charge is 0.478 e. The molecule has 0 spiro atoms. The first-order valence-corrected chi connectivity index (χ1v) is 9.17. The molecule has 0 bridgehead atoms. The zero-order valence-electron chi connectivity index (χ0n) is 15.9. The van der Waals surface area contributed by atoms with Gasteiger partial charge in [0.15, 0.2) is 23.3 Å². The lowest BCUT2D eigenvalue weighted by atomic mass is 9.98. The Labute approximate surface area is 168 Å². The highest BCUT2D eigenvalue weighted by Crippen LogP contribution is 2.35. The number of ether oxygens (including phenoxy) is 1. The average Bonchev–Trinajstić information content (AvgIpc) is 3.10. The maximum absolute atomic E-state index is 14.9. The predicted molar refractivity (Wildman–Crippen MR) is 99.2 cm³/mol. The van der Waals surface area contributed by atoms with Crippen LogP contribution in [-0.4, -0.2) is 52.2 Å². The molecule has 1 fully saturated rings. The summed E-state index contributed by atoms with van der Waals surface area (Å²) in [5, 5.41) is 9.43. The van der Waals surface area contributed by atoms with Gasteiger partial charge in [-0.25, -0.2) is 27.3 Å². The Hall–Kier alpha value is -2.98. The van der Waals surface area contributed by atoms with E-state index in [-0.39, 0.29) is 28.7 Å². The first-order chi connectivity index (χ1) is 14.3. The van der Waals surface area contributed by atoms with Crippen LogP contribution in [0.2, 0.25) is 0 Å². The minimum Gasteiger partial charge on any atom is -0.478 e. The molecule has 10 heteroatoms. The molecule has 1 aromatic heterocycles. The van der Waals surface area contributed by atoms with Gasteiger partial charge in [0.05, 0.1) is 29.9 Å². The first kappa shape index (κ1) is 20.3. The van der Waals surface area contributed by atoms with Crippen LogP contribution in [0, 0.1) is 30.2 Å². The van der Waals surface area contributed by atoms with E-state index < -0.39 is 40.4 Å². The van der Waals surface area contributed by atoms with Gasteiger partial charge in [-0.1, -0.05) is 0 Å². The standard InChI is InChI=1S/C20H17F4N3O3/c1-9-25-13-7-10(6-11(20(28)29)19(13)26-9)14-17(23)15(21)12(16(22)18(14)24)8-27-2-4-30-5-3-27/h6-7H,2-5,8H2,1H3,(H,25,26)(H,28,29). The van der Waals surface area contributed by atoms with E-state index in [0.717, 1.165) is 6.07 Å². The number of aryl methyl sites for hydroxylation is 1. The summed E-state index contributed by atoms with van der Waals surface area (Å²) in [6.07, 6.45) is 0. The fourth-order valence-corrected chi connectivity index (χ4v) is 3.60. The van der Waals surface area contributed by atoms with Crippen molar-refractivity contribution in [3.8, 4) is 11.1 Å². The summed E-state index contributed by atoms with van der Waals surface area (Å²) < 4.78 is 64.4. The number of aromatic nitrogens is 2. The van der Waals surface area contributed by atoms with E-state index in [1.165, 1.54) is 6.07 Å². The molecule has 6 nitrogen and oxygen atoms in total. The fourth-order valence-electron chi connectivity index (χ4n) is 3.60. The number of H-pyrrole nitrogens is 1. The summed E-state index contributed by atoms with van der Waals surface area (Å²) in [4.78, 5) is 20.0. The van der Waals surface area contributed by atoms with Crippen molar-refractivity contribution >= 4 is 17.0 Å². The maximum atomic E-state index is 14.9. The number of aromatic amines is 1. The summed E-state index contributed by atoms with van der Waals surface area (Å²) in [5.74, 6) is -7.18. The number of nitrogens with one attached hydrogen (secondary N) is 1. The number of nitrogens with zero attached hydrogens (tertiary/aromatic N) is 2. The van der Waals surface area contributed by atoms with Crippen molar-refractivity contribution in [1.82, 2.24) is 14.9 Å². The SMILES string of the molecule is Cc1nc2c(C(=O)O)cc(-c3c(F)c(F)c(CN4CCOCC4)c(F)c3F)cc2[nH]1. The Kier molecular flexibility index (Phi) is 5.20. The smallest absolute Gasteiger partial charge is 0.337 e. The highest BCUT2D eigenvalue weighted by atomic mass is 19.2. The van der Waals surface area contributed by atoms with Gasteiger partial charge >= 0.3 is 5.97 Å². The minimum absolute atomic E-state index is 0.0782. The Morgan fingerprint density at radius 2 is 1.77 bits per heavy atom. The van der Waals surface area contributed by atoms with E-state index in [1.54, 1.807) is 11.8 Å². The van der Waals surface area contributed by atoms with Crippen LogP contribution in [0.4, 0.5) is 17.6 Å². The molecule has 2 heterocycles. The van der Waals surface area contributed by atoms with Gasteiger partial charge < -0.3 is 14.8 Å². The quantitative estimate of drug-likeness (QED) is 0.495. The van der Waals surface area contributed by atoms with Crippen LogP contribution in [0.1, 0.15) is 21.7 Å². The second kappa shape index (κ2) is 7.69. The van der Waals surface area contributed by atoms with Crippen molar-refractivity contribution in [1.29, 1.82) is 0 Å². The molecular weight excluding hydrogens is 406 g/mol. The molecule has 1 aliphatic heterocycles. The summed E-state index contributed by atoms with van der Waals surface area (Å²) in [6.45, 7) is 2.73. The van der Waals surface area contributed by atoms with Crippen LogP contribution in [0.15, 0.2) is 12.1 Å². The lowest BCUT2D eigenvalue weighted by molar-refractivity contribution is 0.0330. The molecule has 2 aromatic carbocycles. The molecule has 30 heavy (non-hydrogen) atoms. The van der Waals surface area contributed by atoms with Crippen LogP contribution >= 0.6 is 0 Å². The molecule has 2 N–H and O–H groups in total. The third-order valence-corrected chi connectivity index (χ3v) is 5.06. The summed E-state index contributed by atoms with van der Waals surface area (Å²) in [6, 6.07) is 2.16. The Morgan fingerprint density at radius 1 is 1.13 bits per heavy atom. The van der Waals surface area contributed by atoms with Crippen molar-refractivity contribution in [3.63, 3.8) is 0 Å². The number of carboxylic acids is 1. The molecule has 0 saturated carbocycles. The van der Waals surface area contributed by atoms with Gasteiger partial charge in [0.2, 0.25) is 0 Å². The molecule has 0 atom stereocenters. The molecule has 0 unspecified atom stereocenters. The van der Waals surface area contributed by atoms with E-state index in [0.29, 0.717) is 32.1 Å². The normalized spacial score (nSPS) is 15.1. The summed E-state index contributed by atoms with van der Waals surface area (Å²) in [5.41, 5.74) is -2.08. The summed E-state index contributed by atoms with van der Waals surface area (Å²) in [7, 11) is 0. The molecule has 3 aromatic rings. The molecule has 0 aliphatic carbocycles. The van der Waals surface area contributed by atoms with Gasteiger partial charge in [0.25, 0.3) is 0 Å². The third kappa shape index (κ3) is 3.41. The zero-order valence-corrected chi connectivity index (χ0v) is 15.9. The van der Waals surface area contributed by atoms with Crippen LogP contribution in [-0.2, 0) is 11.3 Å². The number of halogens is 4. The lowest BCUT2D eigenvalue weighted by Gasteiger charge is -2.27. The van der Waals surface area contributed by atoms with Crippen molar-refractivity contribution < 1.29 is 32.2 Å². The maximum Gasteiger partial charge on any atom is 0.337 e. The molecular formula is C20H17F4N3O3. The lowest BCUT2D eigenvalue weighted by Crippen LogP contribution is -2.36. The highest BCUT2D eigenvalue weighted by Gasteiger charge is 2.29. The molecule has 0 amide bonds. The second-order valence-corrected chi connectivity index (χ2v) is 7.05. The number of benzene rings is 2. The topological polar surface area (TPSA) is 78.4 Å². The zero-order chi connectivity index (χ0) is 21.6. The van der Waals surface area contributed by atoms with Crippen LogP contribution in [0.3, 0.4) is 0 Å². The second-order valence-electron chi connectivity index (χ2n) is 7.05. The molecule has 158 valence electrons. The first-order valence-electron chi connectivity index (χ1n) is 9.17. The van der Waals surface area contributed by atoms with Gasteiger partial charge in [0.1, 0.15) is 11.3 Å². The number of hydrogen-bond acceptors (Lipinski definition) is 4. The van der Waals surface area contributed by atoms with Crippen molar-refractivity contribution in [2.24, 2.45) is 0 Å². The third-order valence-electron chi connectivity index (χ3n) is 5.06. The van der Waals surface area contributed by atoms with Gasteiger partial charge in [-0.15, -0.1) is 0 Å². The molecule has 1 saturated heterocycles. The fraction of sp³-hybridized carbons (Fsp3) is 0.300. The Bertz CT molecular complexity index is 1130. The van der Waals surface area contributed by atoms with Crippen LogP contribution in [0.25, 0.3) is 22.2 Å². The average molecular weight is 423 g/mol. The van der Waals surface area contributed by atoms with Crippen molar-refractivity contribution in [2.45, 2.75) is 13.5 Å². The van der Waals surface area contributed by atoms with Gasteiger partial charge in [0, 0.05) is 25.2 Å². The van der Waals surface area contributed by atoms with E-state index in [9.17, 15) is 27.5 Å². The Morgan fingerprint density at radius 3 is 2.37 bits per heavy atom. The number of aromatic carboxylic acids is 1. The number of fused-ring (bicyclic) bond motifs is 1. The minimum atomic E-state index is -1.58. The molecule has 0 radical (unpaired) electrons. The Balaban J connectivity index is 1.86.